The second kappa shape index (κ2) is 10.0. The maximum atomic E-state index is 5.68. The lowest BCUT2D eigenvalue weighted by Crippen LogP contribution is -2.39. The van der Waals surface area contributed by atoms with Crippen LogP contribution in [0.15, 0.2) is 47.5 Å². The van der Waals surface area contributed by atoms with E-state index in [0.29, 0.717) is 19.1 Å². The molecular weight excluding hydrogens is 366 g/mol. The summed E-state index contributed by atoms with van der Waals surface area (Å²) in [4.78, 5) is 6.81. The predicted octanol–water partition coefficient (Wildman–Crippen LogP) is 3.67. The van der Waals surface area contributed by atoms with Gasteiger partial charge >= 0.3 is 0 Å². The molecule has 6 nitrogen and oxygen atoms in total. The lowest BCUT2D eigenvalue weighted by atomic mass is 9.98. The Hall–Kier alpha value is -2.89. The van der Waals surface area contributed by atoms with Gasteiger partial charge in [0.2, 0.25) is 0 Å². The second-order valence-corrected chi connectivity index (χ2v) is 7.02. The van der Waals surface area contributed by atoms with Crippen LogP contribution in [0.3, 0.4) is 0 Å². The van der Waals surface area contributed by atoms with Gasteiger partial charge in [-0.15, -0.1) is 0 Å². The standard InChI is InChI=1S/C23H31N3O3/c1-5-29-22-14-17(6-11-21(22)28-4)15-25-23(24-2)26-13-12-19(16-26)18-7-9-20(27-3)10-8-18/h6-11,14,19H,5,12-13,15-16H2,1-4H3,(H,24,25). The lowest BCUT2D eigenvalue weighted by molar-refractivity contribution is 0.310. The van der Waals surface area contributed by atoms with E-state index >= 15 is 0 Å². The first-order valence-electron chi connectivity index (χ1n) is 10.1. The zero-order chi connectivity index (χ0) is 20.6. The highest BCUT2D eigenvalue weighted by Gasteiger charge is 2.26. The number of aliphatic imine (C=N–C) groups is 1. The fourth-order valence-electron chi connectivity index (χ4n) is 3.71. The van der Waals surface area contributed by atoms with E-state index in [0.717, 1.165) is 48.3 Å². The van der Waals surface area contributed by atoms with Crippen molar-refractivity contribution in [3.8, 4) is 17.2 Å². The maximum absolute atomic E-state index is 5.68. The van der Waals surface area contributed by atoms with Crippen molar-refractivity contribution in [1.82, 2.24) is 10.2 Å². The summed E-state index contributed by atoms with van der Waals surface area (Å²) in [6.45, 7) is 5.21. The first kappa shape index (κ1) is 20.8. The van der Waals surface area contributed by atoms with Gasteiger partial charge in [0.25, 0.3) is 0 Å². The summed E-state index contributed by atoms with van der Waals surface area (Å²) < 4.78 is 16.3. The van der Waals surface area contributed by atoms with Crippen molar-refractivity contribution in [2.75, 3.05) is 41.0 Å². The molecular formula is C23H31N3O3. The van der Waals surface area contributed by atoms with Gasteiger partial charge in [-0.25, -0.2) is 0 Å². The summed E-state index contributed by atoms with van der Waals surface area (Å²) >= 11 is 0. The van der Waals surface area contributed by atoms with Gasteiger partial charge in [0.15, 0.2) is 17.5 Å². The highest BCUT2D eigenvalue weighted by molar-refractivity contribution is 5.80. The number of ether oxygens (including phenoxy) is 3. The largest absolute Gasteiger partial charge is 0.497 e. The van der Waals surface area contributed by atoms with Gasteiger partial charge < -0.3 is 24.4 Å². The van der Waals surface area contributed by atoms with Crippen molar-refractivity contribution in [3.63, 3.8) is 0 Å². The van der Waals surface area contributed by atoms with Gasteiger partial charge in [-0.1, -0.05) is 18.2 Å². The Balaban J connectivity index is 1.60. The van der Waals surface area contributed by atoms with E-state index in [1.807, 2.05) is 44.3 Å². The molecule has 0 radical (unpaired) electrons. The van der Waals surface area contributed by atoms with Crippen LogP contribution in [0.4, 0.5) is 0 Å². The van der Waals surface area contributed by atoms with E-state index in [1.54, 1.807) is 14.2 Å². The molecule has 1 saturated heterocycles. The van der Waals surface area contributed by atoms with Crippen LogP contribution in [0.25, 0.3) is 0 Å². The van der Waals surface area contributed by atoms with Crippen molar-refractivity contribution in [2.45, 2.75) is 25.8 Å². The van der Waals surface area contributed by atoms with Gasteiger partial charge in [0, 0.05) is 32.6 Å². The smallest absolute Gasteiger partial charge is 0.193 e. The molecule has 1 N–H and O–H groups in total. The molecule has 1 unspecified atom stereocenters. The molecule has 3 rings (SSSR count). The maximum Gasteiger partial charge on any atom is 0.193 e. The van der Waals surface area contributed by atoms with Crippen LogP contribution in [-0.4, -0.2) is 51.8 Å². The van der Waals surface area contributed by atoms with Crippen molar-refractivity contribution in [2.24, 2.45) is 4.99 Å². The third kappa shape index (κ3) is 5.13. The summed E-state index contributed by atoms with van der Waals surface area (Å²) in [5.41, 5.74) is 2.47. The Morgan fingerprint density at radius 1 is 1.10 bits per heavy atom. The summed E-state index contributed by atoms with van der Waals surface area (Å²) in [6.07, 6.45) is 1.12. The van der Waals surface area contributed by atoms with Crippen LogP contribution < -0.4 is 19.5 Å². The fourth-order valence-corrected chi connectivity index (χ4v) is 3.71. The van der Waals surface area contributed by atoms with Crippen LogP contribution >= 0.6 is 0 Å². The Kier molecular flexibility index (Phi) is 7.22. The quantitative estimate of drug-likeness (QED) is 0.571. The highest BCUT2D eigenvalue weighted by atomic mass is 16.5. The Morgan fingerprint density at radius 2 is 1.90 bits per heavy atom. The first-order valence-corrected chi connectivity index (χ1v) is 10.1. The number of nitrogens with zero attached hydrogens (tertiary/aromatic N) is 2. The molecule has 2 aromatic carbocycles. The van der Waals surface area contributed by atoms with Crippen LogP contribution in [0, 0.1) is 0 Å². The zero-order valence-corrected chi connectivity index (χ0v) is 17.8. The van der Waals surface area contributed by atoms with Crippen molar-refractivity contribution in [1.29, 1.82) is 0 Å². The molecule has 1 fully saturated rings. The minimum Gasteiger partial charge on any atom is -0.497 e. The lowest BCUT2D eigenvalue weighted by Gasteiger charge is -2.22. The van der Waals surface area contributed by atoms with Crippen LogP contribution in [0.5, 0.6) is 17.2 Å². The number of benzene rings is 2. The first-order chi connectivity index (χ1) is 14.2. The topological polar surface area (TPSA) is 55.3 Å². The minimum absolute atomic E-state index is 0.505. The average molecular weight is 398 g/mol. The molecule has 0 saturated carbocycles. The van der Waals surface area contributed by atoms with Crippen molar-refractivity contribution in [3.05, 3.63) is 53.6 Å². The molecule has 1 aliphatic rings. The summed E-state index contributed by atoms with van der Waals surface area (Å²) in [7, 11) is 5.19. The number of rotatable bonds is 7. The molecule has 0 spiro atoms. The number of hydrogen-bond donors (Lipinski definition) is 1. The number of likely N-dealkylation sites (tertiary alicyclic amines) is 1. The normalized spacial score (nSPS) is 16.6. The van der Waals surface area contributed by atoms with Crippen molar-refractivity contribution < 1.29 is 14.2 Å². The molecule has 0 aliphatic carbocycles. The second-order valence-electron chi connectivity index (χ2n) is 7.02. The highest BCUT2D eigenvalue weighted by Crippen LogP contribution is 2.29. The fraction of sp³-hybridized carbons (Fsp3) is 0.435. The van der Waals surface area contributed by atoms with Gasteiger partial charge in [-0.3, -0.25) is 4.99 Å². The van der Waals surface area contributed by atoms with Gasteiger partial charge in [-0.2, -0.15) is 0 Å². The van der Waals surface area contributed by atoms with E-state index in [4.69, 9.17) is 14.2 Å². The van der Waals surface area contributed by atoms with Crippen LogP contribution in [0.2, 0.25) is 0 Å². The van der Waals surface area contributed by atoms with Crippen molar-refractivity contribution >= 4 is 5.96 Å². The molecule has 29 heavy (non-hydrogen) atoms. The molecule has 0 amide bonds. The summed E-state index contributed by atoms with van der Waals surface area (Å²) in [5.74, 6) is 3.85. The predicted molar refractivity (Wildman–Crippen MR) is 116 cm³/mol. The number of guanidine groups is 1. The summed E-state index contributed by atoms with van der Waals surface area (Å²) in [6, 6.07) is 14.4. The average Bonchev–Trinajstić information content (AvgIpc) is 3.25. The molecule has 1 atom stereocenters. The molecule has 1 aliphatic heterocycles. The molecule has 6 heteroatoms. The Labute approximate surface area is 173 Å². The zero-order valence-electron chi connectivity index (χ0n) is 17.8. The van der Waals surface area contributed by atoms with E-state index < -0.39 is 0 Å². The van der Waals surface area contributed by atoms with Gasteiger partial charge in [0.05, 0.1) is 20.8 Å². The summed E-state index contributed by atoms with van der Waals surface area (Å²) in [5, 5.41) is 3.48. The van der Waals surface area contributed by atoms with E-state index in [1.165, 1.54) is 5.56 Å². The van der Waals surface area contributed by atoms with Crippen LogP contribution in [0.1, 0.15) is 30.4 Å². The molecule has 1 heterocycles. The minimum atomic E-state index is 0.505. The monoisotopic (exact) mass is 397 g/mol. The number of hydrogen-bond acceptors (Lipinski definition) is 4. The van der Waals surface area contributed by atoms with E-state index in [-0.39, 0.29) is 0 Å². The Morgan fingerprint density at radius 3 is 2.55 bits per heavy atom. The SMILES string of the molecule is CCOc1cc(CNC(=NC)N2CCC(c3ccc(OC)cc3)C2)ccc1OC. The van der Waals surface area contributed by atoms with Gasteiger partial charge in [0.1, 0.15) is 5.75 Å². The van der Waals surface area contributed by atoms with Crippen LogP contribution in [-0.2, 0) is 6.54 Å². The third-order valence-electron chi connectivity index (χ3n) is 5.27. The van der Waals surface area contributed by atoms with E-state index in [9.17, 15) is 0 Å². The Bertz CT molecular complexity index is 821. The molecule has 0 aromatic heterocycles. The number of methoxy groups -OCH3 is 2. The van der Waals surface area contributed by atoms with E-state index in [2.05, 4.69) is 27.3 Å². The molecule has 2 aromatic rings. The molecule has 156 valence electrons. The van der Waals surface area contributed by atoms with Gasteiger partial charge in [-0.05, 0) is 48.7 Å². The third-order valence-corrected chi connectivity index (χ3v) is 5.27. The number of nitrogens with one attached hydrogen (secondary N) is 1. The molecule has 0 bridgehead atoms.